The monoisotopic (exact) mass is 372 g/mol. The molecule has 9 heteroatoms. The fourth-order valence-electron chi connectivity index (χ4n) is 2.67. The minimum Gasteiger partial charge on any atom is -0.478 e. The number of carboxylic acid groups (broad SMARTS) is 1. The topological polar surface area (TPSA) is 114 Å². The highest BCUT2D eigenvalue weighted by atomic mass is 32.2. The summed E-state index contributed by atoms with van der Waals surface area (Å²) in [4.78, 5) is 11.1. The smallest absolute Gasteiger partial charge is 0.335 e. The maximum Gasteiger partial charge on any atom is 0.335 e. The summed E-state index contributed by atoms with van der Waals surface area (Å²) in [5, 5.41) is 12.2. The van der Waals surface area contributed by atoms with Crippen LogP contribution in [0.5, 0.6) is 0 Å². The zero-order valence-electron chi connectivity index (χ0n) is 14.3. The molecule has 1 aromatic carbocycles. The predicted molar refractivity (Wildman–Crippen MR) is 92.5 cm³/mol. The number of benzene rings is 1. The number of anilines is 1. The second-order valence-corrected chi connectivity index (χ2v) is 7.69. The minimum atomic E-state index is -3.91. The van der Waals surface area contributed by atoms with E-state index in [0.717, 1.165) is 18.9 Å². The van der Waals surface area contributed by atoms with E-state index in [1.807, 2.05) is 0 Å². The molecule has 0 aliphatic carbocycles. The minimum absolute atomic E-state index is 0.0232. The highest BCUT2D eigenvalue weighted by Crippen LogP contribution is 2.24. The Labute approximate surface area is 147 Å². The first kappa shape index (κ1) is 19.6. The zero-order valence-corrected chi connectivity index (χ0v) is 15.1. The molecular formula is C16H24N2O6S. The summed E-state index contributed by atoms with van der Waals surface area (Å²) in [5.74, 6) is -1.19. The molecule has 2 atom stereocenters. The second kappa shape index (κ2) is 8.61. The zero-order chi connectivity index (χ0) is 18.4. The van der Waals surface area contributed by atoms with E-state index in [-0.39, 0.29) is 23.2 Å². The molecule has 0 spiro atoms. The molecule has 1 saturated heterocycles. The number of ether oxygens (including phenoxy) is 2. The van der Waals surface area contributed by atoms with Crippen molar-refractivity contribution >= 4 is 21.7 Å². The molecule has 1 aromatic rings. The molecule has 0 saturated carbocycles. The van der Waals surface area contributed by atoms with Crippen LogP contribution in [0.1, 0.15) is 30.1 Å². The molecule has 1 aliphatic heterocycles. The first-order valence-corrected chi connectivity index (χ1v) is 9.56. The number of rotatable bonds is 9. The third kappa shape index (κ3) is 5.40. The Bertz CT molecular complexity index is 701. The van der Waals surface area contributed by atoms with Crippen molar-refractivity contribution in [3.8, 4) is 0 Å². The van der Waals surface area contributed by atoms with Crippen LogP contribution < -0.4 is 10.0 Å². The molecule has 25 heavy (non-hydrogen) atoms. The van der Waals surface area contributed by atoms with Gasteiger partial charge in [-0.2, -0.15) is 0 Å². The molecule has 8 nitrogen and oxygen atoms in total. The predicted octanol–water partition coefficient (Wildman–Crippen LogP) is 1.29. The van der Waals surface area contributed by atoms with Crippen LogP contribution in [0.2, 0.25) is 0 Å². The van der Waals surface area contributed by atoms with Crippen molar-refractivity contribution in [2.24, 2.45) is 0 Å². The van der Waals surface area contributed by atoms with Crippen molar-refractivity contribution < 1.29 is 27.8 Å². The molecule has 3 N–H and O–H groups in total. The average molecular weight is 372 g/mol. The molecular weight excluding hydrogens is 348 g/mol. The normalized spacial score (nSPS) is 18.9. The number of methoxy groups -OCH3 is 1. The maximum atomic E-state index is 12.7. The fraction of sp³-hybridized carbons (Fsp3) is 0.562. The van der Waals surface area contributed by atoms with Gasteiger partial charge in [-0.1, -0.05) is 0 Å². The van der Waals surface area contributed by atoms with E-state index in [4.69, 9.17) is 14.6 Å². The number of carboxylic acids is 1. The largest absolute Gasteiger partial charge is 0.478 e. The Morgan fingerprint density at radius 1 is 1.48 bits per heavy atom. The molecule has 2 rings (SSSR count). The average Bonchev–Trinajstić information content (AvgIpc) is 3.05. The van der Waals surface area contributed by atoms with Gasteiger partial charge in [0.1, 0.15) is 4.90 Å². The van der Waals surface area contributed by atoms with Crippen LogP contribution in [0.3, 0.4) is 0 Å². The molecule has 1 fully saturated rings. The standard InChI is InChI=1S/C16H24N2O6S/c1-11(10-23-2)18-25(21,22)15-8-12(16(19)20)5-6-14(15)17-9-13-4-3-7-24-13/h5-6,8,11,13,17-18H,3-4,7,9-10H2,1-2H3,(H,19,20)/t11-,13-/m0/s1. The molecule has 0 radical (unpaired) electrons. The highest BCUT2D eigenvalue weighted by molar-refractivity contribution is 7.89. The lowest BCUT2D eigenvalue weighted by Crippen LogP contribution is -2.36. The third-order valence-electron chi connectivity index (χ3n) is 3.84. The summed E-state index contributed by atoms with van der Waals surface area (Å²) in [6.07, 6.45) is 1.91. The summed E-state index contributed by atoms with van der Waals surface area (Å²) in [7, 11) is -2.43. The van der Waals surface area contributed by atoms with Crippen LogP contribution in [0, 0.1) is 0 Å². The molecule has 0 aromatic heterocycles. The van der Waals surface area contributed by atoms with Gasteiger partial charge in [-0.3, -0.25) is 0 Å². The Hall–Kier alpha value is -1.68. The van der Waals surface area contributed by atoms with Crippen molar-refractivity contribution in [1.82, 2.24) is 4.72 Å². The van der Waals surface area contributed by atoms with Crippen molar-refractivity contribution in [3.63, 3.8) is 0 Å². The second-order valence-electron chi connectivity index (χ2n) is 6.01. The number of nitrogens with one attached hydrogen (secondary N) is 2. The van der Waals surface area contributed by atoms with Gasteiger partial charge in [0.2, 0.25) is 10.0 Å². The molecule has 0 bridgehead atoms. The van der Waals surface area contributed by atoms with Gasteiger partial charge in [0.15, 0.2) is 0 Å². The molecule has 140 valence electrons. The number of aromatic carboxylic acids is 1. The maximum absolute atomic E-state index is 12.7. The van der Waals surface area contributed by atoms with Gasteiger partial charge in [0.05, 0.1) is 24.0 Å². The van der Waals surface area contributed by atoms with Crippen LogP contribution in [-0.4, -0.2) is 58.5 Å². The van der Waals surface area contributed by atoms with E-state index in [1.54, 1.807) is 6.92 Å². The van der Waals surface area contributed by atoms with Crippen molar-refractivity contribution in [2.75, 3.05) is 32.2 Å². The van der Waals surface area contributed by atoms with Crippen molar-refractivity contribution in [2.45, 2.75) is 36.8 Å². The first-order chi connectivity index (χ1) is 11.8. The summed E-state index contributed by atoms with van der Waals surface area (Å²) < 4.78 is 38.3. The summed E-state index contributed by atoms with van der Waals surface area (Å²) in [6.45, 7) is 3.03. The van der Waals surface area contributed by atoms with E-state index in [9.17, 15) is 13.2 Å². The van der Waals surface area contributed by atoms with Crippen LogP contribution in [0.15, 0.2) is 23.1 Å². The van der Waals surface area contributed by atoms with E-state index >= 15 is 0 Å². The lowest BCUT2D eigenvalue weighted by Gasteiger charge is -2.18. The highest BCUT2D eigenvalue weighted by Gasteiger charge is 2.24. The molecule has 1 aliphatic rings. The van der Waals surface area contributed by atoms with Crippen LogP contribution in [-0.2, 0) is 19.5 Å². The van der Waals surface area contributed by atoms with Gasteiger partial charge in [0.25, 0.3) is 0 Å². The van der Waals surface area contributed by atoms with E-state index in [1.165, 1.54) is 19.2 Å². The summed E-state index contributed by atoms with van der Waals surface area (Å²) >= 11 is 0. The van der Waals surface area contributed by atoms with Gasteiger partial charge in [0, 0.05) is 26.3 Å². The summed E-state index contributed by atoms with van der Waals surface area (Å²) in [6, 6.07) is 3.54. The van der Waals surface area contributed by atoms with Gasteiger partial charge >= 0.3 is 5.97 Å². The molecule has 1 heterocycles. The Morgan fingerprint density at radius 3 is 2.84 bits per heavy atom. The fourth-order valence-corrected chi connectivity index (χ4v) is 4.10. The van der Waals surface area contributed by atoms with Crippen molar-refractivity contribution in [1.29, 1.82) is 0 Å². The van der Waals surface area contributed by atoms with Gasteiger partial charge in [-0.15, -0.1) is 0 Å². The number of carbonyl (C=O) groups is 1. The van der Waals surface area contributed by atoms with Crippen LogP contribution in [0.4, 0.5) is 5.69 Å². The number of hydrogen-bond acceptors (Lipinski definition) is 6. The van der Waals surface area contributed by atoms with Gasteiger partial charge in [-0.05, 0) is 38.0 Å². The lowest BCUT2D eigenvalue weighted by molar-refractivity contribution is 0.0696. The van der Waals surface area contributed by atoms with Crippen LogP contribution >= 0.6 is 0 Å². The SMILES string of the molecule is COC[C@H](C)NS(=O)(=O)c1cc(C(=O)O)ccc1NC[C@@H]1CCCO1. The number of hydrogen-bond donors (Lipinski definition) is 3. The molecule has 0 unspecified atom stereocenters. The molecule has 0 amide bonds. The summed E-state index contributed by atoms with van der Waals surface area (Å²) in [5.41, 5.74) is 0.250. The number of sulfonamides is 1. The van der Waals surface area contributed by atoms with E-state index < -0.39 is 22.0 Å². The Balaban J connectivity index is 2.27. The quantitative estimate of drug-likeness (QED) is 0.598. The first-order valence-electron chi connectivity index (χ1n) is 8.07. The van der Waals surface area contributed by atoms with Crippen LogP contribution in [0.25, 0.3) is 0 Å². The van der Waals surface area contributed by atoms with Gasteiger partial charge in [-0.25, -0.2) is 17.9 Å². The Morgan fingerprint density at radius 2 is 2.24 bits per heavy atom. The van der Waals surface area contributed by atoms with E-state index in [0.29, 0.717) is 18.8 Å². The van der Waals surface area contributed by atoms with Gasteiger partial charge < -0.3 is 19.9 Å². The Kier molecular flexibility index (Phi) is 6.77. The van der Waals surface area contributed by atoms with E-state index in [2.05, 4.69) is 10.0 Å². The lowest BCUT2D eigenvalue weighted by atomic mass is 10.2. The van der Waals surface area contributed by atoms with Crippen molar-refractivity contribution in [3.05, 3.63) is 23.8 Å². The third-order valence-corrected chi connectivity index (χ3v) is 5.46.